The minimum Gasteiger partial charge on any atom is -0.493 e. The molecule has 1 amide bonds. The number of hydrogen-bond donors (Lipinski definition) is 3. The number of aromatic nitrogens is 2. The van der Waals surface area contributed by atoms with Gasteiger partial charge < -0.3 is 25.4 Å². The smallest absolute Gasteiger partial charge is 0.295 e. The van der Waals surface area contributed by atoms with Crippen LogP contribution in [0, 0.1) is 11.8 Å². The number of hydrogen-bond acceptors (Lipinski definition) is 8. The van der Waals surface area contributed by atoms with Crippen LogP contribution in [0.1, 0.15) is 49.3 Å². The van der Waals surface area contributed by atoms with Gasteiger partial charge in [-0.15, -0.1) is 0 Å². The standard InChI is InChI=1S/C25H31N5O4/c1-3-7-23(32)26-12-6-13-34-20-9-5-8-19(16-20)28-25-22(17-31)29-21(4-2)24(30-25)27-18-10-14-33-15-11-18/h5,8-9,16-18H,4,6,10-15H2,1-2H3,(H,26,32)(H2,27,28,30). The van der Waals surface area contributed by atoms with Crippen molar-refractivity contribution in [2.24, 2.45) is 0 Å². The second-order valence-corrected chi connectivity index (χ2v) is 7.74. The second kappa shape index (κ2) is 13.2. The molecule has 1 fully saturated rings. The van der Waals surface area contributed by atoms with Crippen LogP contribution in [0.5, 0.6) is 5.75 Å². The molecule has 9 heteroatoms. The largest absolute Gasteiger partial charge is 0.493 e. The molecule has 0 spiro atoms. The maximum atomic E-state index is 11.7. The van der Waals surface area contributed by atoms with Crippen LogP contribution in [0.4, 0.5) is 17.3 Å². The summed E-state index contributed by atoms with van der Waals surface area (Å²) < 4.78 is 11.2. The molecule has 1 aromatic carbocycles. The number of aldehydes is 1. The predicted molar refractivity (Wildman–Crippen MR) is 131 cm³/mol. The van der Waals surface area contributed by atoms with Gasteiger partial charge in [0.1, 0.15) is 17.3 Å². The van der Waals surface area contributed by atoms with Gasteiger partial charge in [0.2, 0.25) is 0 Å². The number of anilines is 3. The fourth-order valence-electron chi connectivity index (χ4n) is 3.48. The third kappa shape index (κ3) is 7.46. The summed E-state index contributed by atoms with van der Waals surface area (Å²) in [7, 11) is 0. The van der Waals surface area contributed by atoms with Crippen LogP contribution in [-0.2, 0) is 16.0 Å². The number of benzene rings is 1. The number of rotatable bonds is 11. The van der Waals surface area contributed by atoms with E-state index >= 15 is 0 Å². The number of amides is 1. The first kappa shape index (κ1) is 25.0. The molecule has 3 rings (SSSR count). The third-order valence-corrected chi connectivity index (χ3v) is 5.21. The Bertz CT molecular complexity index is 1040. The first-order chi connectivity index (χ1) is 16.6. The van der Waals surface area contributed by atoms with Crippen molar-refractivity contribution in [2.75, 3.05) is 37.0 Å². The SMILES string of the molecule is CC#CC(=O)NCCCOc1cccc(Nc2nc(NC3CCOCC3)c(CC)nc2C=O)c1. The van der Waals surface area contributed by atoms with E-state index in [1.165, 1.54) is 0 Å². The van der Waals surface area contributed by atoms with E-state index in [-0.39, 0.29) is 17.6 Å². The molecule has 180 valence electrons. The van der Waals surface area contributed by atoms with E-state index in [4.69, 9.17) is 14.5 Å². The highest BCUT2D eigenvalue weighted by atomic mass is 16.5. The van der Waals surface area contributed by atoms with Crippen molar-refractivity contribution in [1.29, 1.82) is 0 Å². The van der Waals surface area contributed by atoms with Gasteiger partial charge in [-0.3, -0.25) is 9.59 Å². The normalized spacial score (nSPS) is 13.4. The summed E-state index contributed by atoms with van der Waals surface area (Å²) in [5.41, 5.74) is 1.74. The summed E-state index contributed by atoms with van der Waals surface area (Å²) in [6, 6.07) is 7.66. The number of nitrogens with one attached hydrogen (secondary N) is 3. The van der Waals surface area contributed by atoms with Crippen LogP contribution < -0.4 is 20.7 Å². The molecule has 1 saturated heterocycles. The summed E-state index contributed by atoms with van der Waals surface area (Å²) in [4.78, 5) is 32.3. The monoisotopic (exact) mass is 465 g/mol. The number of carbonyl (C=O) groups is 2. The molecule has 0 aliphatic carbocycles. The average molecular weight is 466 g/mol. The van der Waals surface area contributed by atoms with Gasteiger partial charge in [0.25, 0.3) is 5.91 Å². The average Bonchev–Trinajstić information content (AvgIpc) is 2.85. The first-order valence-electron chi connectivity index (χ1n) is 11.5. The topological polar surface area (TPSA) is 114 Å². The molecule has 1 aliphatic rings. The van der Waals surface area contributed by atoms with Gasteiger partial charge in [-0.1, -0.05) is 18.9 Å². The Morgan fingerprint density at radius 2 is 2.09 bits per heavy atom. The molecule has 0 atom stereocenters. The number of nitrogens with zero attached hydrogens (tertiary/aromatic N) is 2. The van der Waals surface area contributed by atoms with E-state index in [1.54, 1.807) is 6.92 Å². The van der Waals surface area contributed by atoms with Crippen molar-refractivity contribution in [2.45, 2.75) is 45.6 Å². The summed E-state index contributed by atoms with van der Waals surface area (Å²) >= 11 is 0. The van der Waals surface area contributed by atoms with E-state index in [2.05, 4.69) is 32.8 Å². The number of carbonyl (C=O) groups excluding carboxylic acids is 2. The fourth-order valence-corrected chi connectivity index (χ4v) is 3.48. The Labute approximate surface area is 200 Å². The summed E-state index contributed by atoms with van der Waals surface area (Å²) in [5, 5.41) is 9.38. The lowest BCUT2D eigenvalue weighted by atomic mass is 10.1. The van der Waals surface area contributed by atoms with Crippen LogP contribution in [0.15, 0.2) is 24.3 Å². The van der Waals surface area contributed by atoms with Crippen molar-refractivity contribution in [1.82, 2.24) is 15.3 Å². The van der Waals surface area contributed by atoms with Crippen molar-refractivity contribution in [3.8, 4) is 17.6 Å². The zero-order chi connectivity index (χ0) is 24.2. The summed E-state index contributed by atoms with van der Waals surface area (Å²) in [6.07, 6.45) is 3.82. The van der Waals surface area contributed by atoms with Gasteiger partial charge in [-0.25, -0.2) is 9.97 Å². The van der Waals surface area contributed by atoms with Gasteiger partial charge in [0, 0.05) is 37.6 Å². The van der Waals surface area contributed by atoms with Gasteiger partial charge >= 0.3 is 0 Å². The molecule has 34 heavy (non-hydrogen) atoms. The lowest BCUT2D eigenvalue weighted by molar-refractivity contribution is -0.115. The molecule has 0 radical (unpaired) electrons. The van der Waals surface area contributed by atoms with E-state index in [9.17, 15) is 9.59 Å². The molecular formula is C25H31N5O4. The quantitative estimate of drug-likeness (QED) is 0.264. The Balaban J connectivity index is 1.65. The van der Waals surface area contributed by atoms with Crippen molar-refractivity contribution >= 4 is 29.5 Å². The molecule has 3 N–H and O–H groups in total. The van der Waals surface area contributed by atoms with Crippen LogP contribution in [0.2, 0.25) is 0 Å². The van der Waals surface area contributed by atoms with Crippen LogP contribution in [0.3, 0.4) is 0 Å². The fraction of sp³-hybridized carbons (Fsp3) is 0.440. The highest BCUT2D eigenvalue weighted by Crippen LogP contribution is 2.25. The Morgan fingerprint density at radius 1 is 1.26 bits per heavy atom. The maximum absolute atomic E-state index is 11.7. The Kier molecular flexibility index (Phi) is 9.67. The van der Waals surface area contributed by atoms with Crippen LogP contribution in [-0.4, -0.2) is 54.6 Å². The van der Waals surface area contributed by atoms with E-state index in [0.29, 0.717) is 49.7 Å². The Hall–Kier alpha value is -3.64. The third-order valence-electron chi connectivity index (χ3n) is 5.21. The van der Waals surface area contributed by atoms with E-state index in [1.807, 2.05) is 31.2 Å². The van der Waals surface area contributed by atoms with Crippen LogP contribution >= 0.6 is 0 Å². The van der Waals surface area contributed by atoms with Gasteiger partial charge in [-0.2, -0.15) is 0 Å². The van der Waals surface area contributed by atoms with Crippen molar-refractivity contribution in [3.05, 3.63) is 35.7 Å². The van der Waals surface area contributed by atoms with Gasteiger partial charge in [-0.05, 0) is 50.7 Å². The lowest BCUT2D eigenvalue weighted by Crippen LogP contribution is -2.29. The highest BCUT2D eigenvalue weighted by molar-refractivity contribution is 5.93. The molecule has 0 bridgehead atoms. The van der Waals surface area contributed by atoms with Crippen molar-refractivity contribution in [3.63, 3.8) is 0 Å². The molecule has 1 aliphatic heterocycles. The molecule has 0 saturated carbocycles. The minimum absolute atomic E-state index is 0.256. The van der Waals surface area contributed by atoms with Gasteiger partial charge in [0.05, 0.1) is 12.3 Å². The lowest BCUT2D eigenvalue weighted by Gasteiger charge is -2.25. The van der Waals surface area contributed by atoms with Crippen LogP contribution in [0.25, 0.3) is 0 Å². The zero-order valence-corrected chi connectivity index (χ0v) is 19.6. The van der Waals surface area contributed by atoms with E-state index < -0.39 is 0 Å². The Morgan fingerprint density at radius 3 is 2.82 bits per heavy atom. The molecule has 1 aromatic heterocycles. The minimum atomic E-state index is -0.291. The van der Waals surface area contributed by atoms with Gasteiger partial charge in [0.15, 0.2) is 12.1 Å². The maximum Gasteiger partial charge on any atom is 0.295 e. The number of ether oxygens (including phenoxy) is 2. The molecule has 2 aromatic rings. The second-order valence-electron chi connectivity index (χ2n) is 7.74. The molecule has 2 heterocycles. The van der Waals surface area contributed by atoms with Crippen molar-refractivity contribution < 1.29 is 19.1 Å². The number of aryl methyl sites for hydroxylation is 1. The van der Waals surface area contributed by atoms with E-state index in [0.717, 1.165) is 37.4 Å². The zero-order valence-electron chi connectivity index (χ0n) is 19.6. The molecular weight excluding hydrogens is 434 g/mol. The predicted octanol–water partition coefficient (Wildman–Crippen LogP) is 3.09. The molecule has 0 unspecified atom stereocenters. The molecule has 9 nitrogen and oxygen atoms in total. The summed E-state index contributed by atoms with van der Waals surface area (Å²) in [6.45, 7) is 5.97. The first-order valence-corrected chi connectivity index (χ1v) is 11.5. The highest BCUT2D eigenvalue weighted by Gasteiger charge is 2.18. The summed E-state index contributed by atoms with van der Waals surface area (Å²) in [5.74, 6) is 6.44.